The lowest BCUT2D eigenvalue weighted by Crippen LogP contribution is -2.33. The number of carbonyl (C=O) groups excluding carboxylic acids is 1. The molecule has 100 valence electrons. The largest absolute Gasteiger partial charge is 0.337 e. The van der Waals surface area contributed by atoms with Crippen molar-refractivity contribution in [2.75, 3.05) is 10.7 Å². The standard InChI is InChI=1S/C15H12FN3O/c1-2-11-5-3-7-13(9-11)17-15(20)19-18-14-8-4-6-12(16)10-14/h1,3-10,18H,(H2,17,19,20). The summed E-state index contributed by atoms with van der Waals surface area (Å²) in [5.74, 6) is 2.09. The maximum absolute atomic E-state index is 12.9. The Morgan fingerprint density at radius 3 is 2.60 bits per heavy atom. The third kappa shape index (κ3) is 3.75. The van der Waals surface area contributed by atoms with Crippen LogP contribution >= 0.6 is 0 Å². The van der Waals surface area contributed by atoms with Gasteiger partial charge in [0.25, 0.3) is 0 Å². The first-order valence-corrected chi connectivity index (χ1v) is 5.82. The molecule has 0 atom stereocenters. The molecule has 0 heterocycles. The summed E-state index contributed by atoms with van der Waals surface area (Å²) in [6.45, 7) is 0. The van der Waals surface area contributed by atoms with E-state index < -0.39 is 6.03 Å². The van der Waals surface area contributed by atoms with Crippen LogP contribution in [0.15, 0.2) is 48.5 Å². The van der Waals surface area contributed by atoms with E-state index in [1.54, 1.807) is 30.3 Å². The molecule has 0 aliphatic heterocycles. The molecule has 0 aromatic heterocycles. The van der Waals surface area contributed by atoms with Gasteiger partial charge in [-0.1, -0.05) is 18.1 Å². The van der Waals surface area contributed by atoms with E-state index in [9.17, 15) is 9.18 Å². The van der Waals surface area contributed by atoms with Crippen LogP contribution in [-0.4, -0.2) is 6.03 Å². The van der Waals surface area contributed by atoms with Gasteiger partial charge < -0.3 is 5.32 Å². The molecule has 0 saturated carbocycles. The van der Waals surface area contributed by atoms with Crippen LogP contribution in [0.2, 0.25) is 0 Å². The molecule has 2 aromatic rings. The molecular weight excluding hydrogens is 257 g/mol. The van der Waals surface area contributed by atoms with Crippen molar-refractivity contribution in [2.45, 2.75) is 0 Å². The van der Waals surface area contributed by atoms with E-state index in [4.69, 9.17) is 6.42 Å². The second-order valence-electron chi connectivity index (χ2n) is 3.94. The van der Waals surface area contributed by atoms with Crippen molar-refractivity contribution < 1.29 is 9.18 Å². The Balaban J connectivity index is 1.91. The van der Waals surface area contributed by atoms with Gasteiger partial charge in [0, 0.05) is 11.3 Å². The topological polar surface area (TPSA) is 53.2 Å². The minimum atomic E-state index is -0.483. The molecular formula is C15H12FN3O. The number of amides is 2. The first-order valence-electron chi connectivity index (χ1n) is 5.82. The van der Waals surface area contributed by atoms with Crippen molar-refractivity contribution >= 4 is 17.4 Å². The molecule has 4 nitrogen and oxygen atoms in total. The van der Waals surface area contributed by atoms with E-state index in [-0.39, 0.29) is 5.82 Å². The lowest BCUT2D eigenvalue weighted by Gasteiger charge is -2.10. The summed E-state index contributed by atoms with van der Waals surface area (Å²) < 4.78 is 12.9. The fourth-order valence-electron chi connectivity index (χ4n) is 1.54. The van der Waals surface area contributed by atoms with Crippen molar-refractivity contribution in [3.05, 3.63) is 59.9 Å². The predicted molar refractivity (Wildman–Crippen MR) is 76.6 cm³/mol. The molecule has 0 aliphatic carbocycles. The summed E-state index contributed by atoms with van der Waals surface area (Å²) in [5.41, 5.74) is 6.66. The predicted octanol–water partition coefficient (Wildman–Crippen LogP) is 2.96. The lowest BCUT2D eigenvalue weighted by molar-refractivity contribution is 0.254. The van der Waals surface area contributed by atoms with Crippen molar-refractivity contribution in [2.24, 2.45) is 0 Å². The fourth-order valence-corrected chi connectivity index (χ4v) is 1.54. The van der Waals surface area contributed by atoms with Crippen LogP contribution in [-0.2, 0) is 0 Å². The molecule has 0 saturated heterocycles. The van der Waals surface area contributed by atoms with Gasteiger partial charge in [-0.25, -0.2) is 9.18 Å². The number of hydrogen-bond donors (Lipinski definition) is 3. The van der Waals surface area contributed by atoms with Crippen molar-refractivity contribution in [3.63, 3.8) is 0 Å². The summed E-state index contributed by atoms with van der Waals surface area (Å²) in [6.07, 6.45) is 5.27. The van der Waals surface area contributed by atoms with Crippen molar-refractivity contribution in [3.8, 4) is 12.3 Å². The highest BCUT2D eigenvalue weighted by atomic mass is 19.1. The van der Waals surface area contributed by atoms with Crippen molar-refractivity contribution in [1.29, 1.82) is 0 Å². The summed E-state index contributed by atoms with van der Waals surface area (Å²) >= 11 is 0. The summed E-state index contributed by atoms with van der Waals surface area (Å²) in [6, 6.07) is 12.1. The minimum absolute atomic E-state index is 0.390. The van der Waals surface area contributed by atoms with Crippen LogP contribution in [0.4, 0.5) is 20.6 Å². The van der Waals surface area contributed by atoms with E-state index in [1.807, 2.05) is 0 Å². The number of hydrogen-bond acceptors (Lipinski definition) is 2. The van der Waals surface area contributed by atoms with E-state index in [0.29, 0.717) is 16.9 Å². The van der Waals surface area contributed by atoms with E-state index in [1.165, 1.54) is 18.2 Å². The summed E-state index contributed by atoms with van der Waals surface area (Å²) in [4.78, 5) is 11.6. The quantitative estimate of drug-likeness (QED) is 0.592. The minimum Gasteiger partial charge on any atom is -0.307 e. The Morgan fingerprint density at radius 1 is 1.10 bits per heavy atom. The van der Waals surface area contributed by atoms with E-state index in [0.717, 1.165) is 0 Å². The SMILES string of the molecule is C#Cc1cccc(NC(=O)NNc2cccc(F)c2)c1. The molecule has 0 bridgehead atoms. The Hall–Kier alpha value is -3.00. The number of benzene rings is 2. The number of nitrogens with one attached hydrogen (secondary N) is 3. The molecule has 0 spiro atoms. The van der Waals surface area contributed by atoms with Crippen LogP contribution < -0.4 is 16.2 Å². The molecule has 2 rings (SSSR count). The van der Waals surface area contributed by atoms with Gasteiger partial charge in [0.15, 0.2) is 0 Å². The molecule has 2 amide bonds. The van der Waals surface area contributed by atoms with Gasteiger partial charge >= 0.3 is 6.03 Å². The maximum atomic E-state index is 12.9. The average Bonchev–Trinajstić information content (AvgIpc) is 2.45. The van der Waals surface area contributed by atoms with Gasteiger partial charge in [-0.15, -0.1) is 6.42 Å². The van der Waals surface area contributed by atoms with Gasteiger partial charge in [0.2, 0.25) is 0 Å². The molecule has 20 heavy (non-hydrogen) atoms. The lowest BCUT2D eigenvalue weighted by atomic mass is 10.2. The number of anilines is 2. The number of carbonyl (C=O) groups is 1. The Labute approximate surface area is 116 Å². The molecule has 3 N–H and O–H groups in total. The molecule has 2 aromatic carbocycles. The molecule has 0 unspecified atom stereocenters. The average molecular weight is 269 g/mol. The van der Waals surface area contributed by atoms with Crippen LogP contribution in [0, 0.1) is 18.2 Å². The van der Waals surface area contributed by atoms with Crippen molar-refractivity contribution in [1.82, 2.24) is 5.43 Å². The summed E-state index contributed by atoms with van der Waals surface area (Å²) in [7, 11) is 0. The van der Waals surface area contributed by atoms with E-state index in [2.05, 4.69) is 22.1 Å². The number of terminal acetylenes is 1. The highest BCUT2D eigenvalue weighted by Crippen LogP contribution is 2.10. The number of hydrazine groups is 1. The Kier molecular flexibility index (Phi) is 4.20. The first kappa shape index (κ1) is 13.4. The monoisotopic (exact) mass is 269 g/mol. The maximum Gasteiger partial charge on any atom is 0.337 e. The van der Waals surface area contributed by atoms with Gasteiger partial charge in [-0.2, -0.15) is 0 Å². The van der Waals surface area contributed by atoms with Gasteiger partial charge in [-0.3, -0.25) is 10.9 Å². The highest BCUT2D eigenvalue weighted by Gasteiger charge is 2.02. The number of rotatable bonds is 3. The number of urea groups is 1. The zero-order chi connectivity index (χ0) is 14.4. The zero-order valence-corrected chi connectivity index (χ0v) is 10.5. The highest BCUT2D eigenvalue weighted by molar-refractivity contribution is 5.90. The van der Waals surface area contributed by atoms with Crippen LogP contribution in [0.5, 0.6) is 0 Å². The zero-order valence-electron chi connectivity index (χ0n) is 10.5. The molecule has 0 fully saturated rings. The second-order valence-corrected chi connectivity index (χ2v) is 3.94. The first-order chi connectivity index (χ1) is 9.67. The third-order valence-corrected chi connectivity index (χ3v) is 2.43. The smallest absolute Gasteiger partial charge is 0.307 e. The number of halogens is 1. The summed E-state index contributed by atoms with van der Waals surface area (Å²) in [5, 5.41) is 2.60. The normalized spacial score (nSPS) is 9.40. The Morgan fingerprint density at radius 2 is 1.85 bits per heavy atom. The second kappa shape index (κ2) is 6.25. The van der Waals surface area contributed by atoms with Gasteiger partial charge in [0.1, 0.15) is 5.82 Å². The molecule has 5 heteroatoms. The van der Waals surface area contributed by atoms with Crippen LogP contribution in [0.3, 0.4) is 0 Å². The van der Waals surface area contributed by atoms with Crippen LogP contribution in [0.1, 0.15) is 5.56 Å². The van der Waals surface area contributed by atoms with Crippen LogP contribution in [0.25, 0.3) is 0 Å². The fraction of sp³-hybridized carbons (Fsp3) is 0. The van der Waals surface area contributed by atoms with E-state index >= 15 is 0 Å². The molecule has 0 aliphatic rings. The van der Waals surface area contributed by atoms with Gasteiger partial charge in [0.05, 0.1) is 5.69 Å². The van der Waals surface area contributed by atoms with Gasteiger partial charge in [-0.05, 0) is 36.4 Å². The molecule has 0 radical (unpaired) electrons. The third-order valence-electron chi connectivity index (χ3n) is 2.43. The Bertz CT molecular complexity index is 664.